The van der Waals surface area contributed by atoms with E-state index < -0.39 is 8.07 Å². The normalized spacial score (nSPS) is 10.8. The summed E-state index contributed by atoms with van der Waals surface area (Å²) in [5, 5.41) is 0.818. The van der Waals surface area contributed by atoms with Crippen LogP contribution in [0.5, 0.6) is 11.5 Å². The van der Waals surface area contributed by atoms with E-state index in [0.717, 1.165) is 17.2 Å². The number of nitrogens with zero attached hydrogens (tertiary/aromatic N) is 1. The van der Waals surface area contributed by atoms with E-state index in [2.05, 4.69) is 36.1 Å². The highest BCUT2D eigenvalue weighted by molar-refractivity contribution is 6.83. The van der Waals surface area contributed by atoms with E-state index in [9.17, 15) is 4.79 Å². The molecule has 0 aliphatic rings. The number of carbonyl (C=O) groups excluding carboxylic acids is 1. The Morgan fingerprint density at radius 2 is 1.73 bits per heavy atom. The average Bonchev–Trinajstić information content (AvgIpc) is 2.49. The van der Waals surface area contributed by atoms with Gasteiger partial charge in [0.2, 0.25) is 0 Å². The van der Waals surface area contributed by atoms with E-state index in [1.54, 1.807) is 26.4 Å². The summed E-state index contributed by atoms with van der Waals surface area (Å²) in [4.78, 5) is 15.8. The Labute approximate surface area is 131 Å². The monoisotopic (exact) mass is 313 g/mol. The number of methoxy groups -OCH3 is 2. The van der Waals surface area contributed by atoms with Gasteiger partial charge in [0, 0.05) is 17.0 Å². The van der Waals surface area contributed by atoms with Gasteiger partial charge in [-0.15, -0.1) is 5.54 Å². The van der Waals surface area contributed by atoms with Gasteiger partial charge in [0.1, 0.15) is 13.8 Å². The molecule has 0 saturated carbocycles. The van der Waals surface area contributed by atoms with Crippen molar-refractivity contribution in [3.8, 4) is 23.0 Å². The molecule has 0 saturated heterocycles. The van der Waals surface area contributed by atoms with Crippen molar-refractivity contribution in [1.29, 1.82) is 0 Å². The average molecular weight is 313 g/mol. The molecule has 114 valence electrons. The SMILES string of the molecule is COc1cc2cc(C=O)c(C#C[Si](C)(C)C)nc2cc1OC. The van der Waals surface area contributed by atoms with Crippen LogP contribution >= 0.6 is 0 Å². The van der Waals surface area contributed by atoms with Gasteiger partial charge in [-0.1, -0.05) is 25.6 Å². The smallest absolute Gasteiger partial charge is 0.162 e. The summed E-state index contributed by atoms with van der Waals surface area (Å²) in [7, 11) is 1.62. The first-order valence-corrected chi connectivity index (χ1v) is 10.4. The van der Waals surface area contributed by atoms with Crippen molar-refractivity contribution >= 4 is 25.3 Å². The second kappa shape index (κ2) is 6.20. The summed E-state index contributed by atoms with van der Waals surface area (Å²) in [5.74, 6) is 4.27. The molecule has 1 aromatic carbocycles. The fraction of sp³-hybridized carbons (Fsp3) is 0.294. The van der Waals surface area contributed by atoms with E-state index in [1.807, 2.05) is 6.07 Å². The lowest BCUT2D eigenvalue weighted by molar-refractivity contribution is 0.112. The van der Waals surface area contributed by atoms with Crippen molar-refractivity contribution < 1.29 is 14.3 Å². The van der Waals surface area contributed by atoms with Crippen LogP contribution in [-0.2, 0) is 0 Å². The minimum absolute atomic E-state index is 0.491. The Balaban J connectivity index is 2.67. The lowest BCUT2D eigenvalue weighted by atomic mass is 10.1. The third kappa shape index (κ3) is 3.46. The van der Waals surface area contributed by atoms with Crippen molar-refractivity contribution in [1.82, 2.24) is 4.98 Å². The molecule has 0 aliphatic heterocycles. The molecule has 0 spiro atoms. The molecule has 2 aromatic rings. The van der Waals surface area contributed by atoms with Gasteiger partial charge >= 0.3 is 0 Å². The summed E-state index contributed by atoms with van der Waals surface area (Å²) in [6.07, 6.45) is 0.789. The molecule has 4 nitrogen and oxygen atoms in total. The highest BCUT2D eigenvalue weighted by atomic mass is 28.3. The summed E-state index contributed by atoms with van der Waals surface area (Å²) in [6.45, 7) is 6.45. The number of aromatic nitrogens is 1. The number of rotatable bonds is 3. The fourth-order valence-corrected chi connectivity index (χ4v) is 2.45. The molecular weight excluding hydrogens is 294 g/mol. The number of hydrogen-bond donors (Lipinski definition) is 0. The predicted molar refractivity (Wildman–Crippen MR) is 90.5 cm³/mol. The van der Waals surface area contributed by atoms with Crippen LogP contribution in [0, 0.1) is 11.5 Å². The zero-order valence-electron chi connectivity index (χ0n) is 13.5. The summed E-state index contributed by atoms with van der Waals surface area (Å²) >= 11 is 0. The third-order valence-electron chi connectivity index (χ3n) is 3.03. The zero-order chi connectivity index (χ0) is 16.3. The summed E-state index contributed by atoms with van der Waals surface area (Å²) in [6, 6.07) is 5.39. The van der Waals surface area contributed by atoms with E-state index in [-0.39, 0.29) is 0 Å². The van der Waals surface area contributed by atoms with Crippen molar-refractivity contribution in [3.63, 3.8) is 0 Å². The number of pyridine rings is 1. The number of fused-ring (bicyclic) bond motifs is 1. The standard InChI is InChI=1S/C17H19NO3Si/c1-20-16-9-12-8-13(11-19)14(6-7-22(3,4)5)18-15(12)10-17(16)21-2/h8-11H,1-5H3. The van der Waals surface area contributed by atoms with Crippen LogP contribution in [0.3, 0.4) is 0 Å². The van der Waals surface area contributed by atoms with Crippen molar-refractivity contribution in [3.05, 3.63) is 29.5 Å². The molecule has 0 bridgehead atoms. The highest BCUT2D eigenvalue weighted by Gasteiger charge is 2.12. The molecule has 0 amide bonds. The molecule has 0 N–H and O–H groups in total. The molecule has 2 rings (SSSR count). The number of hydrogen-bond acceptors (Lipinski definition) is 4. The predicted octanol–water partition coefficient (Wildman–Crippen LogP) is 3.29. The Morgan fingerprint density at radius 1 is 1.09 bits per heavy atom. The molecule has 0 radical (unpaired) electrons. The van der Waals surface area contributed by atoms with Crippen LogP contribution in [0.4, 0.5) is 0 Å². The molecule has 0 fully saturated rings. The largest absolute Gasteiger partial charge is 0.493 e. The van der Waals surface area contributed by atoms with E-state index in [0.29, 0.717) is 22.8 Å². The van der Waals surface area contributed by atoms with Crippen LogP contribution in [0.2, 0.25) is 19.6 Å². The first-order chi connectivity index (χ1) is 10.4. The summed E-state index contributed by atoms with van der Waals surface area (Å²) < 4.78 is 10.6. The topological polar surface area (TPSA) is 48.4 Å². The Bertz CT molecular complexity index is 782. The summed E-state index contributed by atoms with van der Waals surface area (Å²) in [5.41, 5.74) is 4.97. The molecule has 0 atom stereocenters. The number of carbonyl (C=O) groups is 1. The minimum atomic E-state index is -1.54. The van der Waals surface area contributed by atoms with Crippen LogP contribution in [-0.4, -0.2) is 33.6 Å². The lowest BCUT2D eigenvalue weighted by Crippen LogP contribution is -2.16. The number of benzene rings is 1. The third-order valence-corrected chi connectivity index (χ3v) is 3.91. The molecular formula is C17H19NO3Si. The Morgan fingerprint density at radius 3 is 2.27 bits per heavy atom. The quantitative estimate of drug-likeness (QED) is 0.495. The fourth-order valence-electron chi connectivity index (χ4n) is 1.95. The highest BCUT2D eigenvalue weighted by Crippen LogP contribution is 2.31. The van der Waals surface area contributed by atoms with Gasteiger partial charge in [0.25, 0.3) is 0 Å². The van der Waals surface area contributed by atoms with Gasteiger partial charge in [0.05, 0.1) is 19.7 Å². The molecule has 22 heavy (non-hydrogen) atoms. The Kier molecular flexibility index (Phi) is 4.53. The van der Waals surface area contributed by atoms with Crippen molar-refractivity contribution in [2.24, 2.45) is 0 Å². The van der Waals surface area contributed by atoms with Gasteiger partial charge < -0.3 is 9.47 Å². The maximum absolute atomic E-state index is 11.3. The van der Waals surface area contributed by atoms with Gasteiger partial charge in [-0.3, -0.25) is 4.79 Å². The van der Waals surface area contributed by atoms with Crippen LogP contribution in [0.15, 0.2) is 18.2 Å². The molecule has 0 unspecified atom stereocenters. The minimum Gasteiger partial charge on any atom is -0.493 e. The first-order valence-electron chi connectivity index (χ1n) is 6.93. The second-order valence-electron chi connectivity index (χ2n) is 5.94. The van der Waals surface area contributed by atoms with Crippen molar-refractivity contribution in [2.75, 3.05) is 14.2 Å². The van der Waals surface area contributed by atoms with Gasteiger partial charge in [-0.2, -0.15) is 0 Å². The zero-order valence-corrected chi connectivity index (χ0v) is 14.5. The van der Waals surface area contributed by atoms with Gasteiger partial charge in [0.15, 0.2) is 17.8 Å². The van der Waals surface area contributed by atoms with E-state index >= 15 is 0 Å². The van der Waals surface area contributed by atoms with E-state index in [1.165, 1.54) is 0 Å². The molecule has 1 aromatic heterocycles. The second-order valence-corrected chi connectivity index (χ2v) is 10.7. The van der Waals surface area contributed by atoms with Gasteiger partial charge in [-0.05, 0) is 12.1 Å². The maximum atomic E-state index is 11.3. The van der Waals surface area contributed by atoms with Crippen LogP contribution < -0.4 is 9.47 Å². The molecule has 5 heteroatoms. The molecule has 1 heterocycles. The van der Waals surface area contributed by atoms with Gasteiger partial charge in [-0.25, -0.2) is 4.98 Å². The number of ether oxygens (including phenoxy) is 2. The van der Waals surface area contributed by atoms with E-state index in [4.69, 9.17) is 9.47 Å². The lowest BCUT2D eigenvalue weighted by Gasteiger charge is -2.10. The van der Waals surface area contributed by atoms with Crippen LogP contribution in [0.25, 0.3) is 10.9 Å². The first kappa shape index (κ1) is 16.1. The Hall–Kier alpha value is -2.32. The molecule has 0 aliphatic carbocycles. The van der Waals surface area contributed by atoms with Crippen molar-refractivity contribution in [2.45, 2.75) is 19.6 Å². The maximum Gasteiger partial charge on any atom is 0.162 e. The van der Waals surface area contributed by atoms with Crippen LogP contribution in [0.1, 0.15) is 16.1 Å². The number of aldehydes is 1.